The van der Waals surface area contributed by atoms with Crippen LogP contribution in [0, 0.1) is 0 Å². The number of fused-ring (bicyclic) bond motifs is 1. The van der Waals surface area contributed by atoms with Crippen molar-refractivity contribution in [1.29, 1.82) is 0 Å². The first-order chi connectivity index (χ1) is 12.6. The Labute approximate surface area is 152 Å². The van der Waals surface area contributed by atoms with Crippen LogP contribution in [0.1, 0.15) is 31.9 Å². The van der Waals surface area contributed by atoms with Gasteiger partial charge in [0, 0.05) is 11.1 Å². The number of anilines is 3. The fourth-order valence-corrected chi connectivity index (χ4v) is 2.72. The summed E-state index contributed by atoms with van der Waals surface area (Å²) in [5.74, 6) is 1.15. The molecule has 4 N–H and O–H groups in total. The summed E-state index contributed by atoms with van der Waals surface area (Å²) in [7, 11) is 0. The van der Waals surface area contributed by atoms with E-state index in [1.54, 1.807) is 6.92 Å². The van der Waals surface area contributed by atoms with E-state index in [4.69, 9.17) is 0 Å². The van der Waals surface area contributed by atoms with Gasteiger partial charge in [0.15, 0.2) is 0 Å². The third-order valence-electron chi connectivity index (χ3n) is 4.28. The predicted octanol–water partition coefficient (Wildman–Crippen LogP) is 3.61. The monoisotopic (exact) mass is 352 g/mol. The summed E-state index contributed by atoms with van der Waals surface area (Å²) >= 11 is 0. The van der Waals surface area contributed by atoms with Gasteiger partial charge in [-0.1, -0.05) is 31.2 Å². The number of aromatic nitrogens is 2. The van der Waals surface area contributed by atoms with E-state index in [9.17, 15) is 10.2 Å². The molecule has 2 unspecified atom stereocenters. The number of hydrogen-bond acceptors (Lipinski definition) is 6. The summed E-state index contributed by atoms with van der Waals surface area (Å²) in [6.07, 6.45) is 0.245. The lowest BCUT2D eigenvalue weighted by atomic mass is 10.1. The lowest BCUT2D eigenvalue weighted by Crippen LogP contribution is -2.23. The number of nitrogens with zero attached hydrogens (tertiary/aromatic N) is 2. The van der Waals surface area contributed by atoms with Crippen molar-refractivity contribution in [3.05, 3.63) is 54.1 Å². The highest BCUT2D eigenvalue weighted by Crippen LogP contribution is 2.25. The molecule has 0 radical (unpaired) electrons. The Kier molecular flexibility index (Phi) is 5.65. The number of hydrogen-bond donors (Lipinski definition) is 4. The molecule has 0 fully saturated rings. The molecule has 26 heavy (non-hydrogen) atoms. The maximum absolute atomic E-state index is 9.76. The van der Waals surface area contributed by atoms with Crippen LogP contribution >= 0.6 is 0 Å². The number of aliphatic hydroxyl groups excluding tert-OH is 2. The van der Waals surface area contributed by atoms with E-state index >= 15 is 0 Å². The van der Waals surface area contributed by atoms with Crippen molar-refractivity contribution in [2.75, 3.05) is 17.2 Å². The molecule has 136 valence electrons. The Morgan fingerprint density at radius 1 is 1.08 bits per heavy atom. The molecule has 2 aromatic carbocycles. The third kappa shape index (κ3) is 4.09. The second-order valence-corrected chi connectivity index (χ2v) is 6.27. The highest BCUT2D eigenvalue weighted by Gasteiger charge is 2.12. The summed E-state index contributed by atoms with van der Waals surface area (Å²) in [5, 5.41) is 26.7. The lowest BCUT2D eigenvalue weighted by molar-refractivity contribution is 0.199. The van der Waals surface area contributed by atoms with E-state index in [1.165, 1.54) is 0 Å². The molecular formula is C20H24N4O2. The number of benzene rings is 2. The van der Waals surface area contributed by atoms with Crippen LogP contribution in [0.25, 0.3) is 10.9 Å². The van der Waals surface area contributed by atoms with Gasteiger partial charge in [-0.15, -0.1) is 0 Å². The second kappa shape index (κ2) is 8.12. The van der Waals surface area contributed by atoms with Gasteiger partial charge >= 0.3 is 0 Å². The van der Waals surface area contributed by atoms with Crippen LogP contribution in [0.3, 0.4) is 0 Å². The molecule has 2 atom stereocenters. The number of rotatable bonds is 7. The van der Waals surface area contributed by atoms with Crippen molar-refractivity contribution in [2.24, 2.45) is 0 Å². The van der Waals surface area contributed by atoms with Crippen LogP contribution in [0.15, 0.2) is 48.5 Å². The smallest absolute Gasteiger partial charge is 0.229 e. The molecule has 0 amide bonds. The van der Waals surface area contributed by atoms with Crippen LogP contribution in [0.2, 0.25) is 0 Å². The molecule has 0 aliphatic carbocycles. The average molecular weight is 352 g/mol. The SMILES string of the molecule is CCC(CO)Nc1nc(Nc2cccc(C(C)O)c2)nc2ccccc12. The zero-order chi connectivity index (χ0) is 18.5. The quantitative estimate of drug-likeness (QED) is 0.519. The normalized spacial score (nSPS) is 13.4. The van der Waals surface area contributed by atoms with E-state index < -0.39 is 6.10 Å². The van der Waals surface area contributed by atoms with Gasteiger partial charge in [0.2, 0.25) is 5.95 Å². The number of para-hydroxylation sites is 1. The summed E-state index contributed by atoms with van der Waals surface area (Å²) in [4.78, 5) is 9.18. The summed E-state index contributed by atoms with van der Waals surface area (Å²) in [6.45, 7) is 3.78. The highest BCUT2D eigenvalue weighted by atomic mass is 16.3. The highest BCUT2D eigenvalue weighted by molar-refractivity contribution is 5.90. The molecule has 0 bridgehead atoms. The van der Waals surface area contributed by atoms with Gasteiger partial charge in [-0.2, -0.15) is 4.98 Å². The van der Waals surface area contributed by atoms with E-state index in [0.29, 0.717) is 11.8 Å². The Morgan fingerprint density at radius 3 is 2.62 bits per heavy atom. The Bertz CT molecular complexity index is 879. The van der Waals surface area contributed by atoms with Crippen LogP contribution < -0.4 is 10.6 Å². The van der Waals surface area contributed by atoms with Crippen molar-refractivity contribution in [2.45, 2.75) is 32.4 Å². The molecule has 6 heteroatoms. The predicted molar refractivity (Wildman–Crippen MR) is 105 cm³/mol. The lowest BCUT2D eigenvalue weighted by Gasteiger charge is -2.17. The molecule has 3 rings (SSSR count). The second-order valence-electron chi connectivity index (χ2n) is 6.27. The molecule has 0 saturated heterocycles. The van der Waals surface area contributed by atoms with Crippen LogP contribution in [-0.4, -0.2) is 32.8 Å². The Balaban J connectivity index is 1.97. The van der Waals surface area contributed by atoms with Gasteiger partial charge in [-0.3, -0.25) is 0 Å². The third-order valence-corrected chi connectivity index (χ3v) is 4.28. The van der Waals surface area contributed by atoms with Gasteiger partial charge in [-0.05, 0) is 43.2 Å². The van der Waals surface area contributed by atoms with Crippen LogP contribution in [-0.2, 0) is 0 Å². The van der Waals surface area contributed by atoms with Gasteiger partial charge in [0.25, 0.3) is 0 Å². The van der Waals surface area contributed by atoms with Gasteiger partial charge in [0.1, 0.15) is 5.82 Å². The molecule has 1 heterocycles. The average Bonchev–Trinajstić information content (AvgIpc) is 2.66. The van der Waals surface area contributed by atoms with E-state index in [0.717, 1.165) is 28.6 Å². The molecule has 3 aromatic rings. The minimum atomic E-state index is -0.540. The molecule has 1 aromatic heterocycles. The fourth-order valence-electron chi connectivity index (χ4n) is 2.72. The van der Waals surface area contributed by atoms with Crippen molar-refractivity contribution in [3.8, 4) is 0 Å². The maximum Gasteiger partial charge on any atom is 0.229 e. The van der Waals surface area contributed by atoms with Crippen molar-refractivity contribution in [3.63, 3.8) is 0 Å². The minimum Gasteiger partial charge on any atom is -0.394 e. The number of aliphatic hydroxyl groups is 2. The first-order valence-electron chi connectivity index (χ1n) is 8.80. The number of nitrogens with one attached hydrogen (secondary N) is 2. The Hall–Kier alpha value is -2.70. The maximum atomic E-state index is 9.76. The summed E-state index contributed by atoms with van der Waals surface area (Å²) in [5.41, 5.74) is 2.44. The minimum absolute atomic E-state index is 0.0357. The molecule has 0 saturated carbocycles. The van der Waals surface area contributed by atoms with Crippen molar-refractivity contribution < 1.29 is 10.2 Å². The first-order valence-corrected chi connectivity index (χ1v) is 8.80. The van der Waals surface area contributed by atoms with E-state index in [1.807, 2.05) is 55.5 Å². The zero-order valence-electron chi connectivity index (χ0n) is 15.0. The van der Waals surface area contributed by atoms with Crippen molar-refractivity contribution >= 4 is 28.4 Å². The fraction of sp³-hybridized carbons (Fsp3) is 0.300. The first kappa shape index (κ1) is 18.1. The van der Waals surface area contributed by atoms with Gasteiger partial charge in [-0.25, -0.2) is 4.98 Å². The van der Waals surface area contributed by atoms with Crippen LogP contribution in [0.5, 0.6) is 0 Å². The van der Waals surface area contributed by atoms with E-state index in [-0.39, 0.29) is 12.6 Å². The molecular weight excluding hydrogens is 328 g/mol. The largest absolute Gasteiger partial charge is 0.394 e. The molecule has 6 nitrogen and oxygen atoms in total. The van der Waals surface area contributed by atoms with Crippen LogP contribution in [0.4, 0.5) is 17.5 Å². The van der Waals surface area contributed by atoms with E-state index in [2.05, 4.69) is 20.6 Å². The van der Waals surface area contributed by atoms with Gasteiger partial charge in [0.05, 0.1) is 24.3 Å². The van der Waals surface area contributed by atoms with Gasteiger partial charge < -0.3 is 20.8 Å². The summed E-state index contributed by atoms with van der Waals surface area (Å²) < 4.78 is 0. The summed E-state index contributed by atoms with van der Waals surface area (Å²) in [6, 6.07) is 15.2. The Morgan fingerprint density at radius 2 is 1.88 bits per heavy atom. The molecule has 0 aliphatic rings. The molecule has 0 aliphatic heterocycles. The molecule has 0 spiro atoms. The zero-order valence-corrected chi connectivity index (χ0v) is 15.0. The van der Waals surface area contributed by atoms with Crippen molar-refractivity contribution in [1.82, 2.24) is 9.97 Å². The standard InChI is InChI=1S/C20H24N4O2/c1-3-15(12-25)21-19-17-9-4-5-10-18(17)23-20(24-19)22-16-8-6-7-14(11-16)13(2)26/h4-11,13,15,25-26H,3,12H2,1-2H3,(H2,21,22,23,24). The topological polar surface area (TPSA) is 90.3 Å².